The normalized spacial score (nSPS) is 17.4. The van der Waals surface area contributed by atoms with Gasteiger partial charge in [-0.1, -0.05) is 11.3 Å². The van der Waals surface area contributed by atoms with Crippen molar-refractivity contribution in [2.24, 2.45) is 11.7 Å². The molecule has 1 unspecified atom stereocenters. The fourth-order valence-corrected chi connectivity index (χ4v) is 3.01. The SMILES string of the molecule is CN(Cc1ccc([N+](=O)[O-])s1)C(CN)C1CC1. The Kier molecular flexibility index (Phi) is 3.76. The molecule has 1 aliphatic rings. The van der Waals surface area contributed by atoms with Gasteiger partial charge in [-0.05, 0) is 31.9 Å². The van der Waals surface area contributed by atoms with E-state index in [4.69, 9.17) is 5.73 Å². The van der Waals surface area contributed by atoms with Crippen molar-refractivity contribution in [3.8, 4) is 0 Å². The van der Waals surface area contributed by atoms with Crippen LogP contribution in [-0.2, 0) is 6.54 Å². The topological polar surface area (TPSA) is 72.4 Å². The molecule has 0 amide bonds. The second-order valence-corrected chi connectivity index (χ2v) is 5.70. The molecule has 1 saturated carbocycles. The maximum atomic E-state index is 10.6. The van der Waals surface area contributed by atoms with Crippen molar-refractivity contribution in [3.63, 3.8) is 0 Å². The molecule has 0 radical (unpaired) electrons. The van der Waals surface area contributed by atoms with Crippen molar-refractivity contribution in [1.29, 1.82) is 0 Å². The predicted molar refractivity (Wildman–Crippen MR) is 68.0 cm³/mol. The van der Waals surface area contributed by atoms with E-state index in [0.717, 1.165) is 17.3 Å². The lowest BCUT2D eigenvalue weighted by Crippen LogP contribution is -2.38. The number of likely N-dealkylation sites (N-methyl/N-ethyl adjacent to an activating group) is 1. The van der Waals surface area contributed by atoms with Gasteiger partial charge in [0.1, 0.15) is 0 Å². The minimum absolute atomic E-state index is 0.212. The number of nitrogens with two attached hydrogens (primary N) is 1. The highest BCUT2D eigenvalue weighted by atomic mass is 32.1. The first-order valence-electron chi connectivity index (χ1n) is 5.75. The van der Waals surface area contributed by atoms with E-state index < -0.39 is 0 Å². The van der Waals surface area contributed by atoms with E-state index >= 15 is 0 Å². The zero-order chi connectivity index (χ0) is 12.4. The summed E-state index contributed by atoms with van der Waals surface area (Å²) in [7, 11) is 2.04. The summed E-state index contributed by atoms with van der Waals surface area (Å²) in [4.78, 5) is 13.5. The monoisotopic (exact) mass is 255 g/mol. The highest BCUT2D eigenvalue weighted by Gasteiger charge is 2.32. The summed E-state index contributed by atoms with van der Waals surface area (Å²) in [6, 6.07) is 3.82. The standard InChI is InChI=1S/C11H17N3O2S/c1-13(10(6-12)8-2-3-8)7-9-4-5-11(17-9)14(15)16/h4-5,8,10H,2-3,6-7,12H2,1H3. The molecule has 17 heavy (non-hydrogen) atoms. The molecule has 1 heterocycles. The molecule has 1 aliphatic carbocycles. The van der Waals surface area contributed by atoms with Crippen LogP contribution in [0.15, 0.2) is 12.1 Å². The fourth-order valence-electron chi connectivity index (χ4n) is 2.13. The Morgan fingerprint density at radius 2 is 2.35 bits per heavy atom. The minimum Gasteiger partial charge on any atom is -0.329 e. The predicted octanol–water partition coefficient (Wildman–Crippen LogP) is 1.83. The molecule has 5 nitrogen and oxygen atoms in total. The molecular formula is C11H17N3O2S. The Labute approximate surface area is 104 Å². The van der Waals surface area contributed by atoms with Crippen molar-refractivity contribution in [3.05, 3.63) is 27.1 Å². The molecular weight excluding hydrogens is 238 g/mol. The Morgan fingerprint density at radius 1 is 1.65 bits per heavy atom. The number of hydrogen-bond donors (Lipinski definition) is 1. The van der Waals surface area contributed by atoms with E-state index in [2.05, 4.69) is 4.90 Å². The first-order chi connectivity index (χ1) is 8.11. The largest absolute Gasteiger partial charge is 0.329 e. The number of thiophene rings is 1. The molecule has 1 aromatic rings. The number of nitrogens with zero attached hydrogens (tertiary/aromatic N) is 2. The van der Waals surface area contributed by atoms with Crippen LogP contribution in [-0.4, -0.2) is 29.5 Å². The van der Waals surface area contributed by atoms with Gasteiger partial charge in [0.25, 0.3) is 0 Å². The van der Waals surface area contributed by atoms with Crippen molar-refractivity contribution < 1.29 is 4.92 Å². The average molecular weight is 255 g/mol. The highest BCUT2D eigenvalue weighted by molar-refractivity contribution is 7.15. The van der Waals surface area contributed by atoms with E-state index in [1.807, 2.05) is 13.1 Å². The molecule has 2 rings (SSSR count). The van der Waals surface area contributed by atoms with Crippen LogP contribution in [0.4, 0.5) is 5.00 Å². The van der Waals surface area contributed by atoms with Gasteiger partial charge in [-0.2, -0.15) is 0 Å². The maximum absolute atomic E-state index is 10.6. The van der Waals surface area contributed by atoms with E-state index in [9.17, 15) is 10.1 Å². The Hall–Kier alpha value is -0.980. The molecule has 0 aromatic carbocycles. The fraction of sp³-hybridized carbons (Fsp3) is 0.636. The number of hydrogen-bond acceptors (Lipinski definition) is 5. The summed E-state index contributed by atoms with van der Waals surface area (Å²) in [6.45, 7) is 1.41. The molecule has 6 heteroatoms. The number of nitro groups is 1. The zero-order valence-corrected chi connectivity index (χ0v) is 10.7. The van der Waals surface area contributed by atoms with Crippen LogP contribution in [0, 0.1) is 16.0 Å². The van der Waals surface area contributed by atoms with Gasteiger partial charge in [-0.15, -0.1) is 0 Å². The summed E-state index contributed by atoms with van der Waals surface area (Å²) in [6.07, 6.45) is 2.52. The van der Waals surface area contributed by atoms with E-state index in [1.165, 1.54) is 24.2 Å². The van der Waals surface area contributed by atoms with Gasteiger partial charge in [-0.3, -0.25) is 15.0 Å². The third-order valence-corrected chi connectivity index (χ3v) is 4.23. The third kappa shape index (κ3) is 3.02. The summed E-state index contributed by atoms with van der Waals surface area (Å²) >= 11 is 1.25. The molecule has 1 aromatic heterocycles. The van der Waals surface area contributed by atoms with Crippen molar-refractivity contribution in [2.45, 2.75) is 25.4 Å². The molecule has 0 saturated heterocycles. The first-order valence-corrected chi connectivity index (χ1v) is 6.57. The van der Waals surface area contributed by atoms with Crippen LogP contribution < -0.4 is 5.73 Å². The Morgan fingerprint density at radius 3 is 2.82 bits per heavy atom. The van der Waals surface area contributed by atoms with Crippen molar-refractivity contribution in [2.75, 3.05) is 13.6 Å². The van der Waals surface area contributed by atoms with Crippen LogP contribution in [0.25, 0.3) is 0 Å². The molecule has 0 aliphatic heterocycles. The van der Waals surface area contributed by atoms with Crippen LogP contribution in [0.5, 0.6) is 0 Å². The first kappa shape index (κ1) is 12.5. The molecule has 1 fully saturated rings. The van der Waals surface area contributed by atoms with E-state index in [1.54, 1.807) is 6.07 Å². The maximum Gasteiger partial charge on any atom is 0.324 e. The van der Waals surface area contributed by atoms with Crippen molar-refractivity contribution >= 4 is 16.3 Å². The average Bonchev–Trinajstić information content (AvgIpc) is 2.98. The van der Waals surface area contributed by atoms with Crippen molar-refractivity contribution in [1.82, 2.24) is 4.90 Å². The smallest absolute Gasteiger partial charge is 0.324 e. The summed E-state index contributed by atoms with van der Waals surface area (Å²) in [5.41, 5.74) is 5.78. The summed E-state index contributed by atoms with van der Waals surface area (Å²) < 4.78 is 0. The quantitative estimate of drug-likeness (QED) is 0.621. The molecule has 94 valence electrons. The lowest BCUT2D eigenvalue weighted by Gasteiger charge is -2.26. The lowest BCUT2D eigenvalue weighted by atomic mass is 10.1. The second-order valence-electron chi connectivity index (χ2n) is 4.55. The van der Waals surface area contributed by atoms with Gasteiger partial charge >= 0.3 is 5.00 Å². The summed E-state index contributed by atoms with van der Waals surface area (Å²) in [5, 5.41) is 10.8. The van der Waals surface area contributed by atoms with Gasteiger partial charge < -0.3 is 5.73 Å². The lowest BCUT2D eigenvalue weighted by molar-refractivity contribution is -0.380. The van der Waals surface area contributed by atoms with E-state index in [0.29, 0.717) is 12.6 Å². The van der Waals surface area contributed by atoms with Crippen LogP contribution >= 0.6 is 11.3 Å². The minimum atomic E-state index is -0.338. The molecule has 1 atom stereocenters. The van der Waals surface area contributed by atoms with Crippen LogP contribution in [0.2, 0.25) is 0 Å². The van der Waals surface area contributed by atoms with Gasteiger partial charge in [0.2, 0.25) is 0 Å². The molecule has 0 bridgehead atoms. The van der Waals surface area contributed by atoms with E-state index in [-0.39, 0.29) is 9.92 Å². The summed E-state index contributed by atoms with van der Waals surface area (Å²) in [5.74, 6) is 0.722. The van der Waals surface area contributed by atoms with Gasteiger partial charge in [0.15, 0.2) is 0 Å². The second kappa shape index (κ2) is 5.12. The number of rotatable bonds is 6. The van der Waals surface area contributed by atoms with Gasteiger partial charge in [-0.25, -0.2) is 0 Å². The highest BCUT2D eigenvalue weighted by Crippen LogP contribution is 2.35. The zero-order valence-electron chi connectivity index (χ0n) is 9.83. The Balaban J connectivity index is 1.96. The van der Waals surface area contributed by atoms with Gasteiger partial charge in [0, 0.05) is 30.1 Å². The Bertz CT molecular complexity index is 403. The van der Waals surface area contributed by atoms with Crippen LogP contribution in [0.1, 0.15) is 17.7 Å². The van der Waals surface area contributed by atoms with Crippen LogP contribution in [0.3, 0.4) is 0 Å². The molecule has 0 spiro atoms. The van der Waals surface area contributed by atoms with Gasteiger partial charge in [0.05, 0.1) is 4.92 Å². The third-order valence-electron chi connectivity index (χ3n) is 3.21. The molecule has 2 N–H and O–H groups in total.